The van der Waals surface area contributed by atoms with E-state index in [0.717, 1.165) is 38.3 Å². The molecule has 2 aliphatic rings. The molecule has 0 saturated carbocycles. The van der Waals surface area contributed by atoms with Crippen molar-refractivity contribution < 1.29 is 4.74 Å². The van der Waals surface area contributed by atoms with Crippen molar-refractivity contribution >= 4 is 0 Å². The molecule has 0 aromatic heterocycles. The van der Waals surface area contributed by atoms with Crippen LogP contribution in [0.4, 0.5) is 0 Å². The maximum atomic E-state index is 5.41. The van der Waals surface area contributed by atoms with Crippen LogP contribution in [0.15, 0.2) is 0 Å². The summed E-state index contributed by atoms with van der Waals surface area (Å²) in [5, 5.41) is 3.40. The number of hydrogen-bond donors (Lipinski definition) is 1. The van der Waals surface area contributed by atoms with Crippen LogP contribution in [0.2, 0.25) is 0 Å². The fourth-order valence-electron chi connectivity index (χ4n) is 2.52. The summed E-state index contributed by atoms with van der Waals surface area (Å²) >= 11 is 0. The summed E-state index contributed by atoms with van der Waals surface area (Å²) in [6.07, 6.45) is 2.59. The van der Waals surface area contributed by atoms with Crippen molar-refractivity contribution in [1.29, 1.82) is 0 Å². The lowest BCUT2D eigenvalue weighted by molar-refractivity contribution is 0.145. The fraction of sp³-hybridized carbons (Fsp3) is 1.00. The van der Waals surface area contributed by atoms with Crippen LogP contribution < -0.4 is 5.32 Å². The number of hydrogen-bond acceptors (Lipinski definition) is 3. The van der Waals surface area contributed by atoms with Crippen molar-refractivity contribution in [3.8, 4) is 0 Å². The zero-order chi connectivity index (χ0) is 9.80. The first-order chi connectivity index (χ1) is 6.86. The van der Waals surface area contributed by atoms with Gasteiger partial charge in [-0.25, -0.2) is 0 Å². The highest BCUT2D eigenvalue weighted by Crippen LogP contribution is 2.20. The lowest BCUT2D eigenvalue weighted by atomic mass is 9.99. The standard InChI is InChI=1S/C11H22N2O/c1-10(8-11-2-7-14-9-11)13-5-3-12-4-6-13/h10-12H,2-9H2,1H3. The highest BCUT2D eigenvalue weighted by Gasteiger charge is 2.22. The second-order valence-corrected chi connectivity index (χ2v) is 4.60. The fourth-order valence-corrected chi connectivity index (χ4v) is 2.52. The third-order valence-corrected chi connectivity index (χ3v) is 3.47. The first kappa shape index (κ1) is 10.4. The van der Waals surface area contributed by atoms with Crippen molar-refractivity contribution in [1.82, 2.24) is 10.2 Å². The summed E-state index contributed by atoms with van der Waals surface area (Å²) in [5.74, 6) is 0.819. The Morgan fingerprint density at radius 1 is 1.43 bits per heavy atom. The normalized spacial score (nSPS) is 31.9. The maximum absolute atomic E-state index is 5.41. The Hall–Kier alpha value is -0.120. The molecule has 2 atom stereocenters. The Morgan fingerprint density at radius 2 is 2.21 bits per heavy atom. The third kappa shape index (κ3) is 2.69. The molecule has 2 heterocycles. The second-order valence-electron chi connectivity index (χ2n) is 4.60. The van der Waals surface area contributed by atoms with Gasteiger partial charge in [-0.3, -0.25) is 4.90 Å². The summed E-state index contributed by atoms with van der Waals surface area (Å²) in [6.45, 7) is 9.10. The van der Waals surface area contributed by atoms with Crippen molar-refractivity contribution in [3.05, 3.63) is 0 Å². The van der Waals surface area contributed by atoms with Gasteiger partial charge in [0.1, 0.15) is 0 Å². The first-order valence-electron chi connectivity index (χ1n) is 5.89. The predicted molar refractivity (Wildman–Crippen MR) is 57.4 cm³/mol. The van der Waals surface area contributed by atoms with Gasteiger partial charge in [0.25, 0.3) is 0 Å². The van der Waals surface area contributed by atoms with Gasteiger partial charge in [0, 0.05) is 45.4 Å². The van der Waals surface area contributed by atoms with E-state index in [-0.39, 0.29) is 0 Å². The molecular weight excluding hydrogens is 176 g/mol. The summed E-state index contributed by atoms with van der Waals surface area (Å²) in [4.78, 5) is 2.61. The number of ether oxygens (including phenoxy) is 1. The Bertz CT molecular complexity index is 163. The molecule has 2 rings (SSSR count). The van der Waals surface area contributed by atoms with Gasteiger partial charge in [-0.05, 0) is 25.7 Å². The van der Waals surface area contributed by atoms with E-state index in [1.807, 2.05) is 0 Å². The van der Waals surface area contributed by atoms with Crippen LogP contribution in [-0.4, -0.2) is 50.3 Å². The average Bonchev–Trinajstić information content (AvgIpc) is 2.72. The SMILES string of the molecule is CC(CC1CCOC1)N1CCNCC1. The van der Waals surface area contributed by atoms with Gasteiger partial charge >= 0.3 is 0 Å². The van der Waals surface area contributed by atoms with Gasteiger partial charge in [0.05, 0.1) is 0 Å². The van der Waals surface area contributed by atoms with Crippen molar-refractivity contribution in [3.63, 3.8) is 0 Å². The van der Waals surface area contributed by atoms with Crippen LogP contribution in [-0.2, 0) is 4.74 Å². The molecule has 0 aromatic rings. The molecule has 0 radical (unpaired) electrons. The predicted octanol–water partition coefficient (Wildman–Crippen LogP) is 0.707. The van der Waals surface area contributed by atoms with Crippen LogP contribution in [0.5, 0.6) is 0 Å². The quantitative estimate of drug-likeness (QED) is 0.723. The first-order valence-corrected chi connectivity index (χ1v) is 5.89. The molecule has 2 unspecified atom stereocenters. The van der Waals surface area contributed by atoms with E-state index in [9.17, 15) is 0 Å². The number of nitrogens with zero attached hydrogens (tertiary/aromatic N) is 1. The topological polar surface area (TPSA) is 24.5 Å². The van der Waals surface area contributed by atoms with Gasteiger partial charge in [-0.2, -0.15) is 0 Å². The molecule has 0 bridgehead atoms. The van der Waals surface area contributed by atoms with Gasteiger partial charge in [-0.15, -0.1) is 0 Å². The van der Waals surface area contributed by atoms with E-state index < -0.39 is 0 Å². The Labute approximate surface area is 86.8 Å². The highest BCUT2D eigenvalue weighted by molar-refractivity contribution is 4.77. The Balaban J connectivity index is 1.72. The largest absolute Gasteiger partial charge is 0.381 e. The van der Waals surface area contributed by atoms with E-state index >= 15 is 0 Å². The van der Waals surface area contributed by atoms with E-state index in [2.05, 4.69) is 17.1 Å². The summed E-state index contributed by atoms with van der Waals surface area (Å²) < 4.78 is 5.41. The van der Waals surface area contributed by atoms with E-state index in [1.165, 1.54) is 25.9 Å². The molecule has 0 amide bonds. The minimum absolute atomic E-state index is 0.740. The second kappa shape index (κ2) is 5.10. The molecule has 2 saturated heterocycles. The molecule has 2 aliphatic heterocycles. The molecule has 1 N–H and O–H groups in total. The van der Waals surface area contributed by atoms with Crippen molar-refractivity contribution in [2.75, 3.05) is 39.4 Å². The number of piperazine rings is 1. The maximum Gasteiger partial charge on any atom is 0.0495 e. The van der Waals surface area contributed by atoms with Gasteiger partial charge in [0.2, 0.25) is 0 Å². The smallest absolute Gasteiger partial charge is 0.0495 e. The van der Waals surface area contributed by atoms with Crippen LogP contribution in [0.3, 0.4) is 0 Å². The minimum atomic E-state index is 0.740. The molecule has 0 aromatic carbocycles. The monoisotopic (exact) mass is 198 g/mol. The Morgan fingerprint density at radius 3 is 2.86 bits per heavy atom. The summed E-state index contributed by atoms with van der Waals surface area (Å²) in [5.41, 5.74) is 0. The molecule has 3 nitrogen and oxygen atoms in total. The highest BCUT2D eigenvalue weighted by atomic mass is 16.5. The molecule has 3 heteroatoms. The van der Waals surface area contributed by atoms with Crippen molar-refractivity contribution in [2.24, 2.45) is 5.92 Å². The molecule has 82 valence electrons. The molecule has 2 fully saturated rings. The Kier molecular flexibility index (Phi) is 3.79. The molecular formula is C11H22N2O. The number of rotatable bonds is 3. The van der Waals surface area contributed by atoms with Crippen LogP contribution in [0.25, 0.3) is 0 Å². The lowest BCUT2D eigenvalue weighted by Crippen LogP contribution is -2.47. The molecule has 0 spiro atoms. The van der Waals surface area contributed by atoms with Crippen LogP contribution >= 0.6 is 0 Å². The minimum Gasteiger partial charge on any atom is -0.381 e. The lowest BCUT2D eigenvalue weighted by Gasteiger charge is -2.33. The zero-order valence-electron chi connectivity index (χ0n) is 9.17. The van der Waals surface area contributed by atoms with Gasteiger partial charge in [-0.1, -0.05) is 0 Å². The third-order valence-electron chi connectivity index (χ3n) is 3.47. The summed E-state index contributed by atoms with van der Waals surface area (Å²) in [6, 6.07) is 0.740. The number of nitrogens with one attached hydrogen (secondary N) is 1. The molecule has 0 aliphatic carbocycles. The van der Waals surface area contributed by atoms with Gasteiger partial charge in [0.15, 0.2) is 0 Å². The molecule has 14 heavy (non-hydrogen) atoms. The van der Waals surface area contributed by atoms with Crippen LogP contribution in [0, 0.1) is 5.92 Å². The van der Waals surface area contributed by atoms with E-state index in [0.29, 0.717) is 0 Å². The zero-order valence-corrected chi connectivity index (χ0v) is 9.17. The van der Waals surface area contributed by atoms with Gasteiger partial charge < -0.3 is 10.1 Å². The average molecular weight is 198 g/mol. The van der Waals surface area contributed by atoms with Crippen LogP contribution in [0.1, 0.15) is 19.8 Å². The van der Waals surface area contributed by atoms with E-state index in [4.69, 9.17) is 4.74 Å². The van der Waals surface area contributed by atoms with Crippen molar-refractivity contribution in [2.45, 2.75) is 25.8 Å². The van der Waals surface area contributed by atoms with E-state index in [1.54, 1.807) is 0 Å². The summed E-state index contributed by atoms with van der Waals surface area (Å²) in [7, 11) is 0.